The van der Waals surface area contributed by atoms with Gasteiger partial charge in [0.25, 0.3) is 5.56 Å². The number of hydrogen-bond acceptors (Lipinski definition) is 2. The Morgan fingerprint density at radius 1 is 0.963 bits per heavy atom. The van der Waals surface area contributed by atoms with Gasteiger partial charge in [0.05, 0.1) is 11.0 Å². The lowest BCUT2D eigenvalue weighted by Gasteiger charge is -2.16. The average molecular weight is 365 g/mol. The highest BCUT2D eigenvalue weighted by atomic mass is 16.1. The summed E-state index contributed by atoms with van der Waals surface area (Å²) in [5, 5.41) is 3.19. The predicted octanol–water partition coefficient (Wildman–Crippen LogP) is 3.87. The molecule has 1 amide bonds. The zero-order valence-electron chi connectivity index (χ0n) is 15.7. The minimum Gasteiger partial charge on any atom is -0.353 e. The van der Waals surface area contributed by atoms with Crippen LogP contribution < -0.4 is 10.9 Å². The van der Waals surface area contributed by atoms with Crippen LogP contribution >= 0.6 is 0 Å². The van der Waals surface area contributed by atoms with Crippen molar-refractivity contribution in [3.8, 4) is 0 Å². The lowest BCUT2D eigenvalue weighted by Crippen LogP contribution is -2.34. The van der Waals surface area contributed by atoms with E-state index in [-0.39, 0.29) is 11.5 Å². The van der Waals surface area contributed by atoms with Gasteiger partial charge in [-0.25, -0.2) is 0 Å². The number of aryl methyl sites for hydroxylation is 1. The van der Waals surface area contributed by atoms with Crippen molar-refractivity contribution in [2.24, 2.45) is 0 Å². The van der Waals surface area contributed by atoms with E-state index in [1.807, 2.05) is 51.6 Å². The van der Waals surface area contributed by atoms with Gasteiger partial charge in [0, 0.05) is 25.2 Å². The van der Waals surface area contributed by atoms with Gasteiger partial charge in [0.1, 0.15) is 5.52 Å². The molecule has 27 heavy (non-hydrogen) atoms. The topological polar surface area (TPSA) is 55.5 Å². The standard InChI is InChI=1S/C22H27N3O2/c26-21(23-17-9-3-1-2-4-10-17)14-8-16-25-19-12-6-5-11-18(19)24-15-7-13-20(24)22(25)27/h5-7,11-13,15,17H,1-4,8-10,14,16H2,(H,23,26). The number of amides is 1. The first-order chi connectivity index (χ1) is 13.2. The van der Waals surface area contributed by atoms with Crippen LogP contribution in [-0.2, 0) is 11.3 Å². The Morgan fingerprint density at radius 3 is 2.44 bits per heavy atom. The summed E-state index contributed by atoms with van der Waals surface area (Å²) in [6.45, 7) is 0.555. The zero-order valence-corrected chi connectivity index (χ0v) is 15.7. The van der Waals surface area contributed by atoms with Gasteiger partial charge in [-0.3, -0.25) is 9.59 Å². The minimum absolute atomic E-state index is 0.00266. The molecular formula is C22H27N3O2. The van der Waals surface area contributed by atoms with Gasteiger partial charge >= 0.3 is 0 Å². The third-order valence-corrected chi connectivity index (χ3v) is 5.65. The number of hydrogen-bond donors (Lipinski definition) is 1. The Kier molecular flexibility index (Phi) is 5.28. The number of nitrogens with one attached hydrogen (secondary N) is 1. The van der Waals surface area contributed by atoms with Crippen molar-refractivity contribution in [3.63, 3.8) is 0 Å². The normalized spacial score (nSPS) is 15.9. The molecule has 5 heteroatoms. The van der Waals surface area contributed by atoms with E-state index >= 15 is 0 Å². The number of carbonyl (C=O) groups is 1. The van der Waals surface area contributed by atoms with Gasteiger partial charge in [-0.15, -0.1) is 0 Å². The highest BCUT2D eigenvalue weighted by Crippen LogP contribution is 2.18. The van der Waals surface area contributed by atoms with Crippen LogP contribution in [0.2, 0.25) is 0 Å². The fourth-order valence-corrected chi connectivity index (χ4v) is 4.25. The van der Waals surface area contributed by atoms with Crippen LogP contribution in [0.1, 0.15) is 51.4 Å². The van der Waals surface area contributed by atoms with E-state index in [1.165, 1.54) is 25.7 Å². The summed E-state index contributed by atoms with van der Waals surface area (Å²) >= 11 is 0. The maximum Gasteiger partial charge on any atom is 0.275 e. The quantitative estimate of drug-likeness (QED) is 0.698. The second-order valence-electron chi connectivity index (χ2n) is 7.57. The van der Waals surface area contributed by atoms with Crippen molar-refractivity contribution in [3.05, 3.63) is 52.9 Å². The summed E-state index contributed by atoms with van der Waals surface area (Å²) < 4.78 is 3.75. The number of nitrogens with zero attached hydrogens (tertiary/aromatic N) is 2. The third-order valence-electron chi connectivity index (χ3n) is 5.65. The SMILES string of the molecule is O=C(CCCn1c(=O)c2cccn2c2ccccc21)NC1CCCCCC1. The highest BCUT2D eigenvalue weighted by Gasteiger charge is 2.15. The van der Waals surface area contributed by atoms with E-state index < -0.39 is 0 Å². The van der Waals surface area contributed by atoms with Gasteiger partial charge in [-0.1, -0.05) is 37.8 Å². The summed E-state index contributed by atoms with van der Waals surface area (Å²) in [6.07, 6.45) is 10.2. The largest absolute Gasteiger partial charge is 0.353 e. The number of fused-ring (bicyclic) bond motifs is 3. The molecule has 0 aliphatic heterocycles. The lowest BCUT2D eigenvalue weighted by atomic mass is 10.1. The Balaban J connectivity index is 1.46. The van der Waals surface area contributed by atoms with Crippen LogP contribution in [0, 0.1) is 0 Å². The fraction of sp³-hybridized carbons (Fsp3) is 0.455. The molecule has 0 unspecified atom stereocenters. The smallest absolute Gasteiger partial charge is 0.275 e. The Hall–Kier alpha value is -2.56. The maximum absolute atomic E-state index is 12.9. The van der Waals surface area contributed by atoms with E-state index in [9.17, 15) is 9.59 Å². The molecule has 3 aromatic rings. The number of aromatic nitrogens is 2. The molecule has 1 aromatic carbocycles. The van der Waals surface area contributed by atoms with Crippen LogP contribution in [-0.4, -0.2) is 20.9 Å². The molecule has 0 radical (unpaired) electrons. The highest BCUT2D eigenvalue weighted by molar-refractivity contribution is 5.79. The lowest BCUT2D eigenvalue weighted by molar-refractivity contribution is -0.122. The van der Waals surface area contributed by atoms with Gasteiger partial charge < -0.3 is 14.3 Å². The van der Waals surface area contributed by atoms with Gasteiger partial charge in [0.15, 0.2) is 0 Å². The molecule has 0 bridgehead atoms. The van der Waals surface area contributed by atoms with E-state index in [4.69, 9.17) is 0 Å². The maximum atomic E-state index is 12.9. The van der Waals surface area contributed by atoms with E-state index in [2.05, 4.69) is 5.32 Å². The first kappa shape index (κ1) is 17.8. The van der Waals surface area contributed by atoms with Crippen molar-refractivity contribution < 1.29 is 4.79 Å². The molecule has 2 heterocycles. The molecule has 0 atom stereocenters. The molecule has 1 fully saturated rings. The molecule has 142 valence electrons. The van der Waals surface area contributed by atoms with Crippen molar-refractivity contribution in [1.82, 2.24) is 14.3 Å². The third kappa shape index (κ3) is 3.77. The summed E-state index contributed by atoms with van der Waals surface area (Å²) in [7, 11) is 0. The molecule has 1 N–H and O–H groups in total. The Labute approximate surface area is 159 Å². The van der Waals surface area contributed by atoms with E-state index in [0.29, 0.717) is 30.9 Å². The number of benzene rings is 1. The van der Waals surface area contributed by atoms with Gasteiger partial charge in [0.2, 0.25) is 5.91 Å². The summed E-state index contributed by atoms with van der Waals surface area (Å²) in [4.78, 5) is 25.2. The summed E-state index contributed by atoms with van der Waals surface area (Å²) in [5.41, 5.74) is 2.61. The van der Waals surface area contributed by atoms with E-state index in [1.54, 1.807) is 0 Å². The predicted molar refractivity (Wildman–Crippen MR) is 108 cm³/mol. The molecule has 0 saturated heterocycles. The van der Waals surface area contributed by atoms with Crippen LogP contribution in [0.4, 0.5) is 0 Å². The van der Waals surface area contributed by atoms with Gasteiger partial charge in [-0.05, 0) is 43.5 Å². The van der Waals surface area contributed by atoms with Crippen molar-refractivity contribution in [2.75, 3.05) is 0 Å². The molecule has 4 rings (SSSR count). The fourth-order valence-electron chi connectivity index (χ4n) is 4.25. The van der Waals surface area contributed by atoms with Gasteiger partial charge in [-0.2, -0.15) is 0 Å². The molecule has 2 aromatic heterocycles. The Morgan fingerprint density at radius 2 is 1.67 bits per heavy atom. The van der Waals surface area contributed by atoms with Crippen LogP contribution in [0.5, 0.6) is 0 Å². The van der Waals surface area contributed by atoms with Crippen LogP contribution in [0.3, 0.4) is 0 Å². The molecule has 5 nitrogen and oxygen atoms in total. The molecule has 1 aliphatic carbocycles. The molecule has 0 spiro atoms. The van der Waals surface area contributed by atoms with Crippen molar-refractivity contribution in [2.45, 2.75) is 64.0 Å². The number of rotatable bonds is 5. The Bertz CT molecular complexity index is 994. The molecular weight excluding hydrogens is 338 g/mol. The minimum atomic E-state index is 0.00266. The first-order valence-electron chi connectivity index (χ1n) is 10.1. The zero-order chi connectivity index (χ0) is 18.6. The van der Waals surface area contributed by atoms with Crippen molar-refractivity contribution >= 4 is 22.5 Å². The molecule has 1 saturated carbocycles. The van der Waals surface area contributed by atoms with Crippen LogP contribution in [0.15, 0.2) is 47.4 Å². The monoisotopic (exact) mass is 365 g/mol. The second-order valence-corrected chi connectivity index (χ2v) is 7.57. The number of carbonyl (C=O) groups excluding carboxylic acids is 1. The van der Waals surface area contributed by atoms with E-state index in [0.717, 1.165) is 23.9 Å². The average Bonchev–Trinajstić information content (AvgIpc) is 3.04. The van der Waals surface area contributed by atoms with Crippen molar-refractivity contribution in [1.29, 1.82) is 0 Å². The second kappa shape index (κ2) is 7.99. The first-order valence-corrected chi connectivity index (χ1v) is 10.1. The summed E-state index contributed by atoms with van der Waals surface area (Å²) in [5.74, 6) is 0.114. The molecule has 1 aliphatic rings. The number of para-hydroxylation sites is 2. The summed E-state index contributed by atoms with van der Waals surface area (Å²) in [6, 6.07) is 12.0. The van der Waals surface area contributed by atoms with Crippen LogP contribution in [0.25, 0.3) is 16.6 Å².